The fourth-order valence-corrected chi connectivity index (χ4v) is 3.68. The Morgan fingerprint density at radius 3 is 2.25 bits per heavy atom. The van der Waals surface area contributed by atoms with Crippen LogP contribution in [0.3, 0.4) is 0 Å². The van der Waals surface area contributed by atoms with Crippen LogP contribution in [-0.2, 0) is 4.79 Å². The van der Waals surface area contributed by atoms with E-state index in [1.807, 2.05) is 11.8 Å². The average Bonchev–Trinajstić information content (AvgIpc) is 2.73. The number of carbonyl (C=O) groups excluding carboxylic acids is 2. The monoisotopic (exact) mass is 383 g/mol. The third kappa shape index (κ3) is 4.77. The molecule has 148 valence electrons. The van der Waals surface area contributed by atoms with E-state index < -0.39 is 0 Å². The van der Waals surface area contributed by atoms with Gasteiger partial charge in [-0.1, -0.05) is 19.1 Å². The van der Waals surface area contributed by atoms with E-state index in [1.54, 1.807) is 43.5 Å². The summed E-state index contributed by atoms with van der Waals surface area (Å²) in [7, 11) is 1.60. The Hall–Kier alpha value is -2.69. The SMILES string of the molecule is COc1ccc(C(=O)C2CCN(C(=O)CC(C)c3ccc(F)cc3)CC2)cc1. The number of rotatable bonds is 6. The molecule has 3 rings (SSSR count). The number of piperidine rings is 1. The van der Waals surface area contributed by atoms with Crippen LogP contribution in [-0.4, -0.2) is 36.8 Å². The number of nitrogens with zero attached hydrogens (tertiary/aromatic N) is 1. The van der Waals surface area contributed by atoms with Crippen molar-refractivity contribution in [3.8, 4) is 5.75 Å². The first-order chi connectivity index (χ1) is 13.5. The minimum atomic E-state index is -0.272. The summed E-state index contributed by atoms with van der Waals surface area (Å²) in [4.78, 5) is 27.2. The summed E-state index contributed by atoms with van der Waals surface area (Å²) in [5.74, 6) is 0.665. The zero-order chi connectivity index (χ0) is 20.1. The molecule has 2 aromatic rings. The summed E-state index contributed by atoms with van der Waals surface area (Å²) in [6, 6.07) is 13.5. The Balaban J connectivity index is 1.51. The Bertz CT molecular complexity index is 809. The summed E-state index contributed by atoms with van der Waals surface area (Å²) in [6.07, 6.45) is 1.76. The Morgan fingerprint density at radius 2 is 1.68 bits per heavy atom. The molecular weight excluding hydrogens is 357 g/mol. The number of methoxy groups -OCH3 is 1. The molecular formula is C23H26FNO3. The van der Waals surface area contributed by atoms with Gasteiger partial charge < -0.3 is 9.64 Å². The van der Waals surface area contributed by atoms with Crippen LogP contribution in [0.15, 0.2) is 48.5 Å². The number of likely N-dealkylation sites (tertiary alicyclic amines) is 1. The quantitative estimate of drug-likeness (QED) is 0.693. The number of hydrogen-bond acceptors (Lipinski definition) is 3. The largest absolute Gasteiger partial charge is 0.497 e. The molecule has 0 spiro atoms. The van der Waals surface area contributed by atoms with Gasteiger partial charge in [-0.2, -0.15) is 0 Å². The van der Waals surface area contributed by atoms with Gasteiger partial charge in [-0.3, -0.25) is 9.59 Å². The number of benzene rings is 2. The van der Waals surface area contributed by atoms with Crippen molar-refractivity contribution < 1.29 is 18.7 Å². The standard InChI is InChI=1S/C23H26FNO3/c1-16(17-3-7-20(24)8-4-17)15-22(26)25-13-11-19(12-14-25)23(27)18-5-9-21(28-2)10-6-18/h3-10,16,19H,11-15H2,1-2H3. The third-order valence-corrected chi connectivity index (χ3v) is 5.51. The lowest BCUT2D eigenvalue weighted by molar-refractivity contribution is -0.132. The number of carbonyl (C=O) groups is 2. The molecule has 2 aromatic carbocycles. The second kappa shape index (κ2) is 9.00. The molecule has 0 aliphatic carbocycles. The van der Waals surface area contributed by atoms with E-state index in [2.05, 4.69) is 0 Å². The minimum Gasteiger partial charge on any atom is -0.497 e. The van der Waals surface area contributed by atoms with Gasteiger partial charge >= 0.3 is 0 Å². The highest BCUT2D eigenvalue weighted by atomic mass is 19.1. The van der Waals surface area contributed by atoms with E-state index in [0.717, 1.165) is 11.3 Å². The fourth-order valence-electron chi connectivity index (χ4n) is 3.68. The van der Waals surface area contributed by atoms with Gasteiger partial charge in [0.05, 0.1) is 7.11 Å². The molecule has 1 fully saturated rings. The smallest absolute Gasteiger partial charge is 0.223 e. The molecule has 1 unspecified atom stereocenters. The van der Waals surface area contributed by atoms with E-state index in [0.29, 0.717) is 37.9 Å². The number of hydrogen-bond donors (Lipinski definition) is 0. The maximum absolute atomic E-state index is 13.1. The van der Waals surface area contributed by atoms with E-state index in [4.69, 9.17) is 4.74 Å². The van der Waals surface area contributed by atoms with Crippen molar-refractivity contribution in [2.45, 2.75) is 32.1 Å². The number of ether oxygens (including phenoxy) is 1. The number of amides is 1. The Kier molecular flexibility index (Phi) is 6.45. The fraction of sp³-hybridized carbons (Fsp3) is 0.391. The summed E-state index contributed by atoms with van der Waals surface area (Å²) >= 11 is 0. The molecule has 0 saturated carbocycles. The van der Waals surface area contributed by atoms with Gasteiger partial charge in [0, 0.05) is 31.0 Å². The first-order valence-electron chi connectivity index (χ1n) is 9.69. The second-order valence-corrected chi connectivity index (χ2v) is 7.40. The Labute approximate surface area is 165 Å². The molecule has 1 aliphatic heterocycles. The summed E-state index contributed by atoms with van der Waals surface area (Å²) in [6.45, 7) is 3.17. The van der Waals surface area contributed by atoms with Gasteiger partial charge in [0.1, 0.15) is 11.6 Å². The Morgan fingerprint density at radius 1 is 1.07 bits per heavy atom. The first kappa shape index (κ1) is 20.1. The maximum Gasteiger partial charge on any atom is 0.223 e. The number of ketones is 1. The van der Waals surface area contributed by atoms with Crippen LogP contribution in [0.1, 0.15) is 48.0 Å². The topological polar surface area (TPSA) is 46.6 Å². The maximum atomic E-state index is 13.1. The lowest BCUT2D eigenvalue weighted by Gasteiger charge is -2.32. The highest BCUT2D eigenvalue weighted by Gasteiger charge is 2.28. The lowest BCUT2D eigenvalue weighted by atomic mass is 9.88. The molecule has 0 N–H and O–H groups in total. The van der Waals surface area contributed by atoms with Crippen LogP contribution in [0.5, 0.6) is 5.75 Å². The molecule has 1 heterocycles. The van der Waals surface area contributed by atoms with Gasteiger partial charge in [-0.05, 0) is 60.7 Å². The molecule has 0 aromatic heterocycles. The van der Waals surface area contributed by atoms with Crippen LogP contribution in [0.4, 0.5) is 4.39 Å². The highest BCUT2D eigenvalue weighted by Crippen LogP contribution is 2.25. The predicted molar refractivity (Wildman–Crippen MR) is 106 cm³/mol. The van der Waals surface area contributed by atoms with Crippen LogP contribution in [0, 0.1) is 11.7 Å². The van der Waals surface area contributed by atoms with Crippen molar-refractivity contribution in [3.63, 3.8) is 0 Å². The van der Waals surface area contributed by atoms with Gasteiger partial charge in [0.25, 0.3) is 0 Å². The van der Waals surface area contributed by atoms with Crippen molar-refractivity contribution in [1.82, 2.24) is 4.90 Å². The molecule has 28 heavy (non-hydrogen) atoms. The van der Waals surface area contributed by atoms with Crippen molar-refractivity contribution in [2.24, 2.45) is 5.92 Å². The van der Waals surface area contributed by atoms with Gasteiger partial charge in [0.2, 0.25) is 5.91 Å². The van der Waals surface area contributed by atoms with Gasteiger partial charge in [0.15, 0.2) is 5.78 Å². The normalized spacial score (nSPS) is 15.9. The average molecular weight is 383 g/mol. The summed E-state index contributed by atoms with van der Waals surface area (Å²) in [5, 5.41) is 0. The molecule has 1 amide bonds. The summed E-state index contributed by atoms with van der Waals surface area (Å²) in [5.41, 5.74) is 1.65. The minimum absolute atomic E-state index is 0.0340. The highest BCUT2D eigenvalue weighted by molar-refractivity contribution is 5.98. The van der Waals surface area contributed by atoms with E-state index in [9.17, 15) is 14.0 Å². The molecule has 5 heteroatoms. The van der Waals surface area contributed by atoms with Crippen molar-refractivity contribution in [3.05, 3.63) is 65.5 Å². The van der Waals surface area contributed by atoms with Crippen molar-refractivity contribution in [2.75, 3.05) is 20.2 Å². The number of halogens is 1. The van der Waals surface area contributed by atoms with Gasteiger partial charge in [-0.25, -0.2) is 4.39 Å². The van der Waals surface area contributed by atoms with Crippen LogP contribution >= 0.6 is 0 Å². The zero-order valence-corrected chi connectivity index (χ0v) is 16.4. The van der Waals surface area contributed by atoms with E-state index in [-0.39, 0.29) is 29.3 Å². The molecule has 0 radical (unpaired) electrons. The molecule has 1 saturated heterocycles. The lowest BCUT2D eigenvalue weighted by Crippen LogP contribution is -2.40. The molecule has 4 nitrogen and oxygen atoms in total. The van der Waals surface area contributed by atoms with Crippen LogP contribution in [0.2, 0.25) is 0 Å². The van der Waals surface area contributed by atoms with Crippen LogP contribution < -0.4 is 4.74 Å². The first-order valence-corrected chi connectivity index (χ1v) is 9.69. The molecule has 0 bridgehead atoms. The van der Waals surface area contributed by atoms with E-state index in [1.165, 1.54) is 12.1 Å². The molecule has 1 atom stereocenters. The summed E-state index contributed by atoms with van der Waals surface area (Å²) < 4.78 is 18.2. The zero-order valence-electron chi connectivity index (χ0n) is 16.4. The van der Waals surface area contributed by atoms with Gasteiger partial charge in [-0.15, -0.1) is 0 Å². The van der Waals surface area contributed by atoms with E-state index >= 15 is 0 Å². The van der Waals surface area contributed by atoms with Crippen molar-refractivity contribution >= 4 is 11.7 Å². The second-order valence-electron chi connectivity index (χ2n) is 7.40. The molecule has 1 aliphatic rings. The van der Waals surface area contributed by atoms with Crippen LogP contribution in [0.25, 0.3) is 0 Å². The third-order valence-electron chi connectivity index (χ3n) is 5.51. The van der Waals surface area contributed by atoms with Crippen molar-refractivity contribution in [1.29, 1.82) is 0 Å². The predicted octanol–water partition coefficient (Wildman–Crippen LogP) is 4.45. The number of Topliss-reactive ketones (excluding diaryl/α,β-unsaturated/α-hetero) is 1.